The zero-order valence-electron chi connectivity index (χ0n) is 45.7. The van der Waals surface area contributed by atoms with Gasteiger partial charge in [-0.1, -0.05) is 231 Å². The second-order valence-electron chi connectivity index (χ2n) is 23.0. The summed E-state index contributed by atoms with van der Waals surface area (Å²) in [5, 5.41) is 0. The van der Waals surface area contributed by atoms with Crippen molar-refractivity contribution in [3.63, 3.8) is 0 Å². The average molecular weight is 1040 g/mol. The Morgan fingerprint density at radius 2 is 0.654 bits per heavy atom. The number of nitrogens with zero attached hydrogens (tertiary/aromatic N) is 2. The highest BCUT2D eigenvalue weighted by Gasteiger charge is 2.43. The summed E-state index contributed by atoms with van der Waals surface area (Å²) < 4.78 is 0. The van der Waals surface area contributed by atoms with Gasteiger partial charge >= 0.3 is 0 Å². The first kappa shape index (κ1) is 48.9. The number of hydrogen-bond acceptors (Lipinski definition) is 2. The van der Waals surface area contributed by atoms with Gasteiger partial charge in [0.05, 0.1) is 0 Å². The predicted molar refractivity (Wildman–Crippen MR) is 343 cm³/mol. The van der Waals surface area contributed by atoms with Crippen LogP contribution in [0.25, 0.3) is 58.7 Å². The lowest BCUT2D eigenvalue weighted by atomic mass is 9.95. The van der Waals surface area contributed by atoms with Crippen molar-refractivity contribution in [3.8, 4) is 11.1 Å². The van der Waals surface area contributed by atoms with Crippen LogP contribution in [0.4, 0.5) is 22.7 Å². The van der Waals surface area contributed by atoms with Crippen molar-refractivity contribution in [1.82, 2.24) is 0 Å². The number of benzene rings is 10. The largest absolute Gasteiger partial charge is 0.338 e. The lowest BCUT2D eigenvalue weighted by Crippen LogP contribution is -2.26. The van der Waals surface area contributed by atoms with Crippen LogP contribution in [0.3, 0.4) is 0 Å². The van der Waals surface area contributed by atoms with Gasteiger partial charge < -0.3 is 9.80 Å². The van der Waals surface area contributed by atoms with E-state index in [1.807, 2.05) is 0 Å². The summed E-state index contributed by atoms with van der Waals surface area (Å²) in [5.41, 5.74) is 28.7. The summed E-state index contributed by atoms with van der Waals surface area (Å²) in [6, 6.07) is 91.0. The molecule has 390 valence electrons. The zero-order chi connectivity index (χ0) is 53.6. The van der Waals surface area contributed by atoms with E-state index in [1.54, 1.807) is 0 Å². The molecule has 81 heavy (non-hydrogen) atoms. The standard InChI is InChI=1S/C79H64N2/c1-5-15-60(16-6-1)72(61-17-7-2-8-18-61)49-58-31-39-66(40-32-58)80-76-25-13-23-70(76)74-51-56(37-45-78(74)80)29-27-54-35-43-68-64(47-54)53-65-48-55(36-44-69(65)68)28-30-57-38-46-79-75(52-57)71-24-14-26-77(71)81(79)67-41-33-59(34-42-67)50-73(62-19-9-3-10-20-62)63-21-11-4-12-22-63/h1-12,15-22,27-52,70-71,76-77H,13-14,23-26,53H2/b29-27-,30-28-. The minimum Gasteiger partial charge on any atom is -0.338 e. The van der Waals surface area contributed by atoms with Crippen molar-refractivity contribution in [2.45, 2.75) is 68.9 Å². The van der Waals surface area contributed by atoms with Crippen LogP contribution in [0.15, 0.2) is 243 Å². The Labute approximate surface area is 478 Å². The predicted octanol–water partition coefficient (Wildman–Crippen LogP) is 20.4. The first-order valence-electron chi connectivity index (χ1n) is 29.5. The van der Waals surface area contributed by atoms with Gasteiger partial charge in [-0.15, -0.1) is 0 Å². The molecule has 2 saturated carbocycles. The Kier molecular flexibility index (Phi) is 12.7. The number of hydrogen-bond donors (Lipinski definition) is 0. The molecule has 10 aromatic carbocycles. The summed E-state index contributed by atoms with van der Waals surface area (Å²) in [5.74, 6) is 1.12. The normalized spacial score (nSPS) is 18.1. The molecule has 2 nitrogen and oxygen atoms in total. The molecule has 2 heteroatoms. The third-order valence-corrected chi connectivity index (χ3v) is 18.2. The maximum atomic E-state index is 2.64. The lowest BCUT2D eigenvalue weighted by Gasteiger charge is -2.27. The van der Waals surface area contributed by atoms with Crippen LogP contribution >= 0.6 is 0 Å². The van der Waals surface area contributed by atoms with E-state index in [0.29, 0.717) is 23.9 Å². The molecule has 2 aliphatic heterocycles. The smallest absolute Gasteiger partial charge is 0.0450 e. The summed E-state index contributed by atoms with van der Waals surface area (Å²) in [6.07, 6.45) is 22.4. The third kappa shape index (κ3) is 9.39. The van der Waals surface area contributed by atoms with Crippen LogP contribution in [0.5, 0.6) is 0 Å². The molecule has 3 aliphatic carbocycles. The molecule has 4 unspecified atom stereocenters. The highest BCUT2D eigenvalue weighted by molar-refractivity contribution is 5.93. The maximum absolute atomic E-state index is 2.64. The van der Waals surface area contributed by atoms with Gasteiger partial charge in [-0.3, -0.25) is 0 Å². The van der Waals surface area contributed by atoms with Crippen molar-refractivity contribution in [3.05, 3.63) is 321 Å². The van der Waals surface area contributed by atoms with Gasteiger partial charge in [0.2, 0.25) is 0 Å². The van der Waals surface area contributed by atoms with Gasteiger partial charge in [-0.05, 0) is 193 Å². The lowest BCUT2D eigenvalue weighted by molar-refractivity contribution is 0.642. The number of anilines is 4. The van der Waals surface area contributed by atoms with E-state index in [0.717, 1.165) is 6.42 Å². The van der Waals surface area contributed by atoms with E-state index in [4.69, 9.17) is 0 Å². The third-order valence-electron chi connectivity index (χ3n) is 18.2. The van der Waals surface area contributed by atoms with E-state index in [9.17, 15) is 0 Å². The maximum Gasteiger partial charge on any atom is 0.0450 e. The Bertz CT molecular complexity index is 3720. The van der Waals surface area contributed by atoms with Crippen molar-refractivity contribution in [2.75, 3.05) is 9.80 Å². The van der Waals surface area contributed by atoms with Crippen LogP contribution in [0.1, 0.15) is 128 Å². The van der Waals surface area contributed by atoms with E-state index in [-0.39, 0.29) is 0 Å². The molecule has 0 saturated heterocycles. The van der Waals surface area contributed by atoms with Gasteiger partial charge in [-0.2, -0.15) is 0 Å². The van der Waals surface area contributed by atoms with Crippen LogP contribution < -0.4 is 9.80 Å². The van der Waals surface area contributed by atoms with Gasteiger partial charge in [0.1, 0.15) is 0 Å². The molecule has 0 amide bonds. The highest BCUT2D eigenvalue weighted by atomic mass is 15.2. The minimum absolute atomic E-state index is 0.504. The topological polar surface area (TPSA) is 6.48 Å². The van der Waals surface area contributed by atoms with E-state index >= 15 is 0 Å². The SMILES string of the molecule is C(=C(c1ccccc1)c1ccccc1)c1ccc(N2c3ccc(/C=C\c4ccc5c(c4)Cc4cc(/C=C\c6ccc7c(c6)C6CCCC6N7c6ccc(C=C(c7ccccc7)c7ccccc7)cc6)ccc4-5)cc3C3CCCC32)cc1. The first-order chi connectivity index (χ1) is 40.1. The molecule has 15 rings (SSSR count). The van der Waals surface area contributed by atoms with E-state index in [1.165, 1.54) is 161 Å². The molecule has 0 aromatic heterocycles. The van der Waals surface area contributed by atoms with Gasteiger partial charge in [-0.25, -0.2) is 0 Å². The Morgan fingerprint density at radius 1 is 0.321 bits per heavy atom. The zero-order valence-corrected chi connectivity index (χ0v) is 45.7. The fourth-order valence-corrected chi connectivity index (χ4v) is 14.4. The van der Waals surface area contributed by atoms with Crippen LogP contribution in [-0.4, -0.2) is 12.1 Å². The Morgan fingerprint density at radius 3 is 1.02 bits per heavy atom. The van der Waals surface area contributed by atoms with E-state index < -0.39 is 0 Å². The fraction of sp³-hybridized carbons (Fsp3) is 0.139. The molecule has 0 radical (unpaired) electrons. The van der Waals surface area contributed by atoms with Crippen molar-refractivity contribution in [1.29, 1.82) is 0 Å². The van der Waals surface area contributed by atoms with Crippen molar-refractivity contribution in [2.24, 2.45) is 0 Å². The van der Waals surface area contributed by atoms with Crippen molar-refractivity contribution < 1.29 is 0 Å². The number of fused-ring (bicyclic) bond motifs is 9. The molecule has 0 spiro atoms. The molecule has 2 heterocycles. The van der Waals surface area contributed by atoms with Crippen LogP contribution in [-0.2, 0) is 6.42 Å². The summed E-state index contributed by atoms with van der Waals surface area (Å²) in [6.45, 7) is 0. The summed E-state index contributed by atoms with van der Waals surface area (Å²) in [4.78, 5) is 5.28. The minimum atomic E-state index is 0.504. The van der Waals surface area contributed by atoms with Gasteiger partial charge in [0.25, 0.3) is 0 Å². The second kappa shape index (κ2) is 21.1. The van der Waals surface area contributed by atoms with Crippen LogP contribution in [0, 0.1) is 0 Å². The molecule has 10 aromatic rings. The molecule has 2 fully saturated rings. The van der Waals surface area contributed by atoms with E-state index in [2.05, 4.69) is 289 Å². The Balaban J connectivity index is 0.622. The Hall–Kier alpha value is -9.24. The van der Waals surface area contributed by atoms with Gasteiger partial charge in [0, 0.05) is 46.7 Å². The molecule has 0 N–H and O–H groups in total. The molecule has 0 bridgehead atoms. The number of rotatable bonds is 12. The highest BCUT2D eigenvalue weighted by Crippen LogP contribution is 2.54. The molecule has 4 atom stereocenters. The first-order valence-corrected chi connectivity index (χ1v) is 29.5. The van der Waals surface area contributed by atoms with Crippen LogP contribution in [0.2, 0.25) is 0 Å². The van der Waals surface area contributed by atoms with Crippen molar-refractivity contribution >= 4 is 70.4 Å². The second-order valence-corrected chi connectivity index (χ2v) is 23.0. The molecular formula is C79H64N2. The molecule has 5 aliphatic rings. The van der Waals surface area contributed by atoms with Gasteiger partial charge in [0.15, 0.2) is 0 Å². The average Bonchev–Trinajstić information content (AvgIpc) is 4.56. The quantitative estimate of drug-likeness (QED) is 0.113. The summed E-state index contributed by atoms with van der Waals surface area (Å²) >= 11 is 0. The summed E-state index contributed by atoms with van der Waals surface area (Å²) in [7, 11) is 0. The monoisotopic (exact) mass is 1040 g/mol. The fourth-order valence-electron chi connectivity index (χ4n) is 14.4. The molecular weight excluding hydrogens is 977 g/mol.